The van der Waals surface area contributed by atoms with Gasteiger partial charge in [-0.15, -0.1) is 0 Å². The lowest BCUT2D eigenvalue weighted by atomic mass is 10.0. The number of aryl methyl sites for hydroxylation is 1. The monoisotopic (exact) mass is 311 g/mol. The minimum absolute atomic E-state index is 0.570. The van der Waals surface area contributed by atoms with Crippen LogP contribution in [0.5, 0.6) is 0 Å². The highest BCUT2D eigenvalue weighted by Crippen LogP contribution is 2.32. The summed E-state index contributed by atoms with van der Waals surface area (Å²) in [5.74, 6) is 0.570. The van der Waals surface area contributed by atoms with E-state index in [1.54, 1.807) is 0 Å². The highest BCUT2D eigenvalue weighted by atomic mass is 32.1. The fourth-order valence-electron chi connectivity index (χ4n) is 3.25. The van der Waals surface area contributed by atoms with Crippen molar-refractivity contribution < 1.29 is 0 Å². The smallest absolute Gasteiger partial charge is 0.194 e. The maximum absolute atomic E-state index is 4.92. The third-order valence-electron chi connectivity index (χ3n) is 4.56. The molecule has 114 valence electrons. The Kier molecular flexibility index (Phi) is 3.31. The van der Waals surface area contributed by atoms with Crippen molar-refractivity contribution in [1.29, 1.82) is 0 Å². The Labute approximate surface area is 135 Å². The second kappa shape index (κ2) is 5.21. The average Bonchev–Trinajstić information content (AvgIpc) is 3.04. The number of thiazole rings is 1. The summed E-state index contributed by atoms with van der Waals surface area (Å²) in [4.78, 5) is 7.49. The number of nitrogens with zero attached hydrogens (tertiary/aromatic N) is 2. The first kappa shape index (κ1) is 14.0. The van der Waals surface area contributed by atoms with E-state index < -0.39 is 0 Å². The number of aromatic nitrogens is 2. The van der Waals surface area contributed by atoms with Crippen molar-refractivity contribution in [3.63, 3.8) is 0 Å². The van der Waals surface area contributed by atoms with Crippen LogP contribution in [0.3, 0.4) is 0 Å². The van der Waals surface area contributed by atoms with Gasteiger partial charge in [0.2, 0.25) is 0 Å². The number of imidazole rings is 1. The van der Waals surface area contributed by atoms with Crippen LogP contribution in [0.1, 0.15) is 41.6 Å². The standard InChI is InChI=1S/C18H21N3S/c1-11(2)13-4-6-14(7-5-13)17-12(3)21-15-8-9-19-10-16(15)22-18(21)20-17/h4-7,11,19H,8-10H2,1-3H3. The lowest BCUT2D eigenvalue weighted by molar-refractivity contribution is 0.636. The Morgan fingerprint density at radius 2 is 2.00 bits per heavy atom. The molecule has 0 aliphatic carbocycles. The Hall–Kier alpha value is -1.65. The van der Waals surface area contributed by atoms with Gasteiger partial charge in [-0.05, 0) is 18.4 Å². The van der Waals surface area contributed by atoms with E-state index in [1.165, 1.54) is 27.4 Å². The van der Waals surface area contributed by atoms with Crippen LogP contribution in [0.15, 0.2) is 24.3 Å². The summed E-state index contributed by atoms with van der Waals surface area (Å²) in [5.41, 5.74) is 6.45. The molecule has 3 heterocycles. The predicted molar refractivity (Wildman–Crippen MR) is 92.7 cm³/mol. The van der Waals surface area contributed by atoms with Crippen LogP contribution in [-0.4, -0.2) is 15.9 Å². The number of benzene rings is 1. The van der Waals surface area contributed by atoms with Gasteiger partial charge in [0.05, 0.1) is 5.69 Å². The summed E-state index contributed by atoms with van der Waals surface area (Å²) in [6, 6.07) is 8.88. The van der Waals surface area contributed by atoms with Gasteiger partial charge in [-0.25, -0.2) is 4.98 Å². The van der Waals surface area contributed by atoms with Gasteiger partial charge in [0.25, 0.3) is 0 Å². The quantitative estimate of drug-likeness (QED) is 0.770. The molecule has 4 heteroatoms. The van der Waals surface area contributed by atoms with E-state index in [0.717, 1.165) is 30.2 Å². The summed E-state index contributed by atoms with van der Waals surface area (Å²) in [6.45, 7) is 8.71. The van der Waals surface area contributed by atoms with E-state index in [-0.39, 0.29) is 0 Å². The van der Waals surface area contributed by atoms with Gasteiger partial charge in [-0.1, -0.05) is 49.4 Å². The fraction of sp³-hybridized carbons (Fsp3) is 0.389. The molecule has 22 heavy (non-hydrogen) atoms. The van der Waals surface area contributed by atoms with Crippen LogP contribution in [0, 0.1) is 6.92 Å². The molecule has 4 rings (SSSR count). The van der Waals surface area contributed by atoms with Crippen LogP contribution in [0.2, 0.25) is 0 Å². The van der Waals surface area contributed by atoms with Crippen LogP contribution < -0.4 is 5.32 Å². The van der Waals surface area contributed by atoms with E-state index >= 15 is 0 Å². The number of hydrogen-bond donors (Lipinski definition) is 1. The maximum atomic E-state index is 4.92. The number of nitrogens with one attached hydrogen (secondary N) is 1. The highest BCUT2D eigenvalue weighted by Gasteiger charge is 2.20. The summed E-state index contributed by atoms with van der Waals surface area (Å²) in [5, 5.41) is 3.44. The normalized spacial score (nSPS) is 14.7. The van der Waals surface area contributed by atoms with Gasteiger partial charge in [-0.2, -0.15) is 0 Å². The number of hydrogen-bond acceptors (Lipinski definition) is 3. The molecule has 1 aliphatic heterocycles. The molecule has 0 saturated carbocycles. The summed E-state index contributed by atoms with van der Waals surface area (Å²) < 4.78 is 2.37. The molecule has 2 aromatic heterocycles. The van der Waals surface area contributed by atoms with Gasteiger partial charge < -0.3 is 5.32 Å². The van der Waals surface area contributed by atoms with Crippen LogP contribution in [0.4, 0.5) is 0 Å². The first-order valence-electron chi connectivity index (χ1n) is 7.96. The van der Waals surface area contributed by atoms with Crippen LogP contribution in [-0.2, 0) is 13.0 Å². The topological polar surface area (TPSA) is 29.3 Å². The lowest BCUT2D eigenvalue weighted by Crippen LogP contribution is -2.23. The van der Waals surface area contributed by atoms with E-state index in [9.17, 15) is 0 Å². The van der Waals surface area contributed by atoms with E-state index in [1.807, 2.05) is 11.3 Å². The molecule has 1 aliphatic rings. The number of rotatable bonds is 2. The maximum Gasteiger partial charge on any atom is 0.194 e. The summed E-state index contributed by atoms with van der Waals surface area (Å²) in [7, 11) is 0. The molecule has 3 aromatic rings. The third kappa shape index (κ3) is 2.09. The summed E-state index contributed by atoms with van der Waals surface area (Å²) in [6.07, 6.45) is 1.10. The van der Waals surface area contributed by atoms with E-state index in [2.05, 4.69) is 54.8 Å². The van der Waals surface area contributed by atoms with Crippen molar-refractivity contribution in [3.05, 3.63) is 46.1 Å². The zero-order chi connectivity index (χ0) is 15.3. The van der Waals surface area contributed by atoms with Crippen molar-refractivity contribution in [1.82, 2.24) is 14.7 Å². The van der Waals surface area contributed by atoms with Gasteiger partial charge in [0.15, 0.2) is 4.96 Å². The highest BCUT2D eigenvalue weighted by molar-refractivity contribution is 7.17. The van der Waals surface area contributed by atoms with Crippen molar-refractivity contribution in [2.24, 2.45) is 0 Å². The van der Waals surface area contributed by atoms with Gasteiger partial charge in [0, 0.05) is 41.3 Å². The first-order chi connectivity index (χ1) is 10.6. The molecule has 1 N–H and O–H groups in total. The molecule has 3 nitrogen and oxygen atoms in total. The molecule has 0 atom stereocenters. The lowest BCUT2D eigenvalue weighted by Gasteiger charge is -2.13. The van der Waals surface area contributed by atoms with Gasteiger partial charge in [-0.3, -0.25) is 4.40 Å². The van der Waals surface area contributed by atoms with Gasteiger partial charge in [0.1, 0.15) is 0 Å². The molecule has 0 amide bonds. The Morgan fingerprint density at radius 1 is 1.23 bits per heavy atom. The van der Waals surface area contributed by atoms with Gasteiger partial charge >= 0.3 is 0 Å². The van der Waals surface area contributed by atoms with E-state index in [4.69, 9.17) is 4.98 Å². The second-order valence-corrected chi connectivity index (χ2v) is 7.40. The molecule has 0 bridgehead atoms. The second-order valence-electron chi connectivity index (χ2n) is 6.34. The molecule has 1 aromatic carbocycles. The SMILES string of the molecule is Cc1c(-c2ccc(C(C)C)cc2)nc2sc3c(n12)CCNC3. The first-order valence-corrected chi connectivity index (χ1v) is 8.77. The molecule has 0 radical (unpaired) electrons. The van der Waals surface area contributed by atoms with Crippen LogP contribution >= 0.6 is 11.3 Å². The minimum Gasteiger partial charge on any atom is -0.311 e. The van der Waals surface area contributed by atoms with Crippen molar-refractivity contribution in [3.8, 4) is 11.3 Å². The summed E-state index contributed by atoms with van der Waals surface area (Å²) >= 11 is 1.83. The van der Waals surface area contributed by atoms with Crippen LogP contribution in [0.25, 0.3) is 16.2 Å². The van der Waals surface area contributed by atoms with Crippen molar-refractivity contribution in [2.45, 2.75) is 39.7 Å². The van der Waals surface area contributed by atoms with Crippen molar-refractivity contribution >= 4 is 16.3 Å². The third-order valence-corrected chi connectivity index (χ3v) is 5.64. The predicted octanol–water partition coefficient (Wildman–Crippen LogP) is 4.14. The Bertz CT molecular complexity index is 824. The zero-order valence-electron chi connectivity index (χ0n) is 13.3. The largest absolute Gasteiger partial charge is 0.311 e. The number of fused-ring (bicyclic) bond motifs is 3. The minimum atomic E-state index is 0.570. The molecular weight excluding hydrogens is 290 g/mol. The van der Waals surface area contributed by atoms with Crippen molar-refractivity contribution in [2.75, 3.05) is 6.54 Å². The Morgan fingerprint density at radius 3 is 2.73 bits per heavy atom. The molecule has 0 unspecified atom stereocenters. The molecular formula is C18H21N3S. The average molecular weight is 311 g/mol. The molecule has 0 spiro atoms. The van der Waals surface area contributed by atoms with E-state index in [0.29, 0.717) is 5.92 Å². The molecule has 0 saturated heterocycles. The molecule has 0 fully saturated rings. The fourth-order valence-corrected chi connectivity index (χ4v) is 4.43. The zero-order valence-corrected chi connectivity index (χ0v) is 14.1. The Balaban J connectivity index is 1.82.